The van der Waals surface area contributed by atoms with Gasteiger partial charge in [0.25, 0.3) is 0 Å². The van der Waals surface area contributed by atoms with Gasteiger partial charge in [-0.15, -0.1) is 0 Å². The molecule has 8 nitrogen and oxygen atoms in total. The summed E-state index contributed by atoms with van der Waals surface area (Å²) in [6.45, 7) is 5.60. The molecule has 0 radical (unpaired) electrons. The van der Waals surface area contributed by atoms with Gasteiger partial charge in [0.15, 0.2) is 0 Å². The van der Waals surface area contributed by atoms with Gasteiger partial charge in [-0.3, -0.25) is 9.97 Å². The number of anilines is 2. The second kappa shape index (κ2) is 8.24. The Morgan fingerprint density at radius 2 is 1.96 bits per heavy atom. The Labute approximate surface area is 175 Å². The third kappa shape index (κ3) is 5.05. The molecule has 0 bridgehead atoms. The van der Waals surface area contributed by atoms with Crippen LogP contribution in [-0.2, 0) is 11.3 Å². The number of nitrogens with one attached hydrogen (secondary N) is 2. The number of alkyl carbamates (subject to hydrolysis) is 1. The predicted molar refractivity (Wildman–Crippen MR) is 111 cm³/mol. The summed E-state index contributed by atoms with van der Waals surface area (Å²) in [5, 5.41) is 6.07. The molecule has 146 valence electrons. The number of rotatable bonds is 4. The molecule has 0 aliphatic rings. The Kier molecular flexibility index (Phi) is 5.95. The van der Waals surface area contributed by atoms with Crippen molar-refractivity contribution in [2.24, 2.45) is 0 Å². The van der Waals surface area contributed by atoms with Gasteiger partial charge in [-0.25, -0.2) is 9.78 Å². The maximum absolute atomic E-state index is 12.1. The minimum atomic E-state index is -0.591. The lowest BCUT2D eigenvalue weighted by Crippen LogP contribution is -2.32. The average molecular weight is 466 g/mol. The van der Waals surface area contributed by atoms with Crippen molar-refractivity contribution in [3.63, 3.8) is 0 Å². The minimum absolute atomic E-state index is 0.111. The number of fused-ring (bicyclic) bond motifs is 1. The van der Waals surface area contributed by atoms with Crippen molar-refractivity contribution >= 4 is 56.2 Å². The van der Waals surface area contributed by atoms with E-state index in [1.807, 2.05) is 12.1 Å². The molecule has 0 aliphatic carbocycles. The van der Waals surface area contributed by atoms with Gasteiger partial charge in [0.2, 0.25) is 5.28 Å². The number of carbonyl (C=O) groups is 1. The number of amides is 1. The molecule has 2 heterocycles. The summed E-state index contributed by atoms with van der Waals surface area (Å²) >= 11 is 9.30. The van der Waals surface area contributed by atoms with Gasteiger partial charge in [0.1, 0.15) is 11.4 Å². The molecule has 0 saturated carbocycles. The molecule has 3 aromatic rings. The van der Waals surface area contributed by atoms with Gasteiger partial charge in [-0.05, 0) is 60.4 Å². The van der Waals surface area contributed by atoms with Gasteiger partial charge in [0.05, 0.1) is 22.1 Å². The number of benzene rings is 1. The number of hydrogen-bond acceptors (Lipinski definition) is 7. The molecular formula is C18H18BrClN6O2. The SMILES string of the molecule is CC(C)(C)OC(=O)NCc1c(Nc2nc(Cl)ncc2Br)ccc2nccnc12. The molecule has 0 spiro atoms. The molecule has 0 fully saturated rings. The van der Waals surface area contributed by atoms with Crippen molar-refractivity contribution in [2.75, 3.05) is 5.32 Å². The summed E-state index contributed by atoms with van der Waals surface area (Å²) in [7, 11) is 0. The lowest BCUT2D eigenvalue weighted by Gasteiger charge is -2.20. The van der Waals surface area contributed by atoms with Crippen LogP contribution < -0.4 is 10.6 Å². The van der Waals surface area contributed by atoms with E-state index in [2.05, 4.69) is 46.5 Å². The fourth-order valence-corrected chi connectivity index (χ4v) is 2.85. The first-order chi connectivity index (χ1) is 13.2. The smallest absolute Gasteiger partial charge is 0.407 e. The van der Waals surface area contributed by atoms with Gasteiger partial charge in [-0.1, -0.05) is 0 Å². The second-order valence-corrected chi connectivity index (χ2v) is 8.02. The van der Waals surface area contributed by atoms with Crippen LogP contribution in [0.2, 0.25) is 5.28 Å². The molecule has 1 aromatic carbocycles. The van der Waals surface area contributed by atoms with Gasteiger partial charge in [-0.2, -0.15) is 4.98 Å². The molecular weight excluding hydrogens is 448 g/mol. The predicted octanol–water partition coefficient (Wildman–Crippen LogP) is 4.60. The summed E-state index contributed by atoms with van der Waals surface area (Å²) in [6, 6.07) is 3.67. The average Bonchev–Trinajstić information content (AvgIpc) is 2.62. The number of hydrogen-bond donors (Lipinski definition) is 2. The second-order valence-electron chi connectivity index (χ2n) is 6.83. The third-order valence-electron chi connectivity index (χ3n) is 3.52. The molecule has 1 amide bonds. The van der Waals surface area contributed by atoms with E-state index in [0.29, 0.717) is 27.0 Å². The van der Waals surface area contributed by atoms with Gasteiger partial charge in [0, 0.05) is 29.8 Å². The summed E-state index contributed by atoms with van der Waals surface area (Å²) < 4.78 is 5.95. The van der Waals surface area contributed by atoms with Crippen LogP contribution >= 0.6 is 27.5 Å². The van der Waals surface area contributed by atoms with Crippen molar-refractivity contribution in [1.29, 1.82) is 0 Å². The molecule has 0 saturated heterocycles. The molecule has 0 aliphatic heterocycles. The van der Waals surface area contributed by atoms with Crippen LogP contribution in [0.1, 0.15) is 26.3 Å². The lowest BCUT2D eigenvalue weighted by molar-refractivity contribution is 0.0524. The highest BCUT2D eigenvalue weighted by molar-refractivity contribution is 9.10. The van der Waals surface area contributed by atoms with E-state index in [1.165, 1.54) is 0 Å². The third-order valence-corrected chi connectivity index (χ3v) is 4.28. The van der Waals surface area contributed by atoms with E-state index in [-0.39, 0.29) is 11.8 Å². The number of carbonyl (C=O) groups excluding carboxylic acids is 1. The highest BCUT2D eigenvalue weighted by atomic mass is 79.9. The first-order valence-corrected chi connectivity index (χ1v) is 9.54. The van der Waals surface area contributed by atoms with Crippen LogP contribution in [0.4, 0.5) is 16.3 Å². The highest BCUT2D eigenvalue weighted by Crippen LogP contribution is 2.29. The van der Waals surface area contributed by atoms with Crippen LogP contribution in [0, 0.1) is 0 Å². The lowest BCUT2D eigenvalue weighted by atomic mass is 10.1. The first-order valence-electron chi connectivity index (χ1n) is 8.37. The van der Waals surface area contributed by atoms with E-state index < -0.39 is 11.7 Å². The maximum atomic E-state index is 12.1. The Balaban J connectivity index is 1.95. The zero-order chi connectivity index (χ0) is 20.3. The first kappa shape index (κ1) is 20.2. The summed E-state index contributed by atoms with van der Waals surface area (Å²) in [6.07, 6.45) is 4.24. The van der Waals surface area contributed by atoms with Gasteiger partial charge < -0.3 is 15.4 Å². The zero-order valence-corrected chi connectivity index (χ0v) is 17.8. The van der Waals surface area contributed by atoms with Crippen LogP contribution in [0.15, 0.2) is 35.2 Å². The Morgan fingerprint density at radius 3 is 2.71 bits per heavy atom. The van der Waals surface area contributed by atoms with E-state index in [4.69, 9.17) is 16.3 Å². The van der Waals surface area contributed by atoms with Crippen molar-refractivity contribution in [2.45, 2.75) is 32.9 Å². The Morgan fingerprint density at radius 1 is 1.21 bits per heavy atom. The zero-order valence-electron chi connectivity index (χ0n) is 15.5. The number of halogens is 2. The van der Waals surface area contributed by atoms with Crippen LogP contribution in [-0.4, -0.2) is 31.6 Å². The molecule has 0 atom stereocenters. The molecule has 28 heavy (non-hydrogen) atoms. The number of aromatic nitrogens is 4. The molecule has 2 aromatic heterocycles. The molecule has 3 rings (SSSR count). The highest BCUT2D eigenvalue weighted by Gasteiger charge is 2.18. The quantitative estimate of drug-likeness (QED) is 0.543. The fraction of sp³-hybridized carbons (Fsp3) is 0.278. The Bertz CT molecular complexity index is 1020. The van der Waals surface area contributed by atoms with E-state index in [0.717, 1.165) is 5.56 Å². The summed E-state index contributed by atoms with van der Waals surface area (Å²) in [4.78, 5) is 28.9. The Hall–Kier alpha value is -2.52. The van der Waals surface area contributed by atoms with Crippen LogP contribution in [0.5, 0.6) is 0 Å². The van der Waals surface area contributed by atoms with E-state index in [1.54, 1.807) is 39.4 Å². The van der Waals surface area contributed by atoms with Crippen molar-refractivity contribution < 1.29 is 9.53 Å². The topological polar surface area (TPSA) is 102 Å². The van der Waals surface area contributed by atoms with E-state index in [9.17, 15) is 4.79 Å². The largest absolute Gasteiger partial charge is 0.444 e. The standard InChI is InChI=1S/C18H18BrClN6O2/c1-18(2,3)28-17(27)24-8-10-12(4-5-13-14(10)22-7-6-21-13)25-15-11(19)9-23-16(20)26-15/h4-7,9H,8H2,1-3H3,(H,24,27)(H,23,25,26). The molecule has 2 N–H and O–H groups in total. The van der Waals surface area contributed by atoms with E-state index >= 15 is 0 Å². The molecule has 0 unspecified atom stereocenters. The monoisotopic (exact) mass is 464 g/mol. The summed E-state index contributed by atoms with van der Waals surface area (Å²) in [5.74, 6) is 0.488. The van der Waals surface area contributed by atoms with Crippen molar-refractivity contribution in [1.82, 2.24) is 25.3 Å². The summed E-state index contributed by atoms with van der Waals surface area (Å²) in [5.41, 5.74) is 2.19. The van der Waals surface area contributed by atoms with Crippen molar-refractivity contribution in [3.8, 4) is 0 Å². The van der Waals surface area contributed by atoms with Crippen LogP contribution in [0.3, 0.4) is 0 Å². The number of nitrogens with zero attached hydrogens (tertiary/aromatic N) is 4. The fourth-order valence-electron chi connectivity index (χ4n) is 2.43. The maximum Gasteiger partial charge on any atom is 0.407 e. The number of ether oxygens (including phenoxy) is 1. The van der Waals surface area contributed by atoms with Gasteiger partial charge >= 0.3 is 6.09 Å². The van der Waals surface area contributed by atoms with Crippen LogP contribution in [0.25, 0.3) is 11.0 Å². The van der Waals surface area contributed by atoms with Crippen molar-refractivity contribution in [3.05, 3.63) is 46.0 Å². The normalized spacial score (nSPS) is 11.3. The minimum Gasteiger partial charge on any atom is -0.444 e. The molecule has 10 heteroatoms.